The van der Waals surface area contributed by atoms with Crippen LogP contribution in [-0.2, 0) is 17.3 Å². The molecule has 73 heavy (non-hydrogen) atoms. The fourth-order valence-corrected chi connectivity index (χ4v) is 13.9. The van der Waals surface area contributed by atoms with Crippen LogP contribution in [0.15, 0.2) is 255 Å². The fourth-order valence-electron chi connectivity index (χ4n) is 13.9. The maximum Gasteiger partial charge on any atom is 0.160 e. The van der Waals surface area contributed by atoms with Crippen molar-refractivity contribution in [2.45, 2.75) is 17.3 Å². The highest BCUT2D eigenvalue weighted by Gasteiger charge is 2.59. The molecular formula is C71H44N2. The lowest BCUT2D eigenvalue weighted by Gasteiger charge is -2.49. The molecule has 338 valence electrons. The second-order valence-electron chi connectivity index (χ2n) is 20.3. The Morgan fingerprint density at radius 1 is 0.260 bits per heavy atom. The number of hydrogen-bond donors (Lipinski definition) is 0. The zero-order valence-electron chi connectivity index (χ0n) is 39.9. The van der Waals surface area contributed by atoms with Gasteiger partial charge in [-0.15, -0.1) is 0 Å². The molecule has 16 rings (SSSR count). The van der Waals surface area contributed by atoms with Gasteiger partial charge in [0.05, 0.1) is 22.2 Å². The molecule has 2 heteroatoms. The smallest absolute Gasteiger partial charge is 0.160 e. The third-order valence-corrected chi connectivity index (χ3v) is 16.8. The zero-order chi connectivity index (χ0) is 47.8. The molecule has 12 aromatic rings. The molecule has 2 spiro atoms. The van der Waals surface area contributed by atoms with Crippen LogP contribution in [0.2, 0.25) is 0 Å². The summed E-state index contributed by atoms with van der Waals surface area (Å²) in [6, 6.07) is 95.2. The predicted molar refractivity (Wildman–Crippen MR) is 298 cm³/mol. The van der Waals surface area contributed by atoms with Crippen LogP contribution in [0.5, 0.6) is 0 Å². The lowest BCUT2D eigenvalue weighted by atomic mass is 9.52. The van der Waals surface area contributed by atoms with E-state index >= 15 is 0 Å². The number of nitrogens with zero attached hydrogens (tertiary/aromatic N) is 2. The number of fused-ring (bicyclic) bond motifs is 20. The molecular weight excluding hydrogens is 881 g/mol. The molecule has 0 N–H and O–H groups in total. The van der Waals surface area contributed by atoms with Gasteiger partial charge in [-0.05, 0) is 148 Å². The minimum absolute atomic E-state index is 0.531. The van der Waals surface area contributed by atoms with Crippen LogP contribution in [0.1, 0.15) is 55.6 Å². The van der Waals surface area contributed by atoms with Crippen LogP contribution < -0.4 is 0 Å². The van der Waals surface area contributed by atoms with E-state index in [1.54, 1.807) is 0 Å². The Hall–Kier alpha value is -9.24. The number of aromatic nitrogens is 2. The quantitative estimate of drug-likeness (QED) is 0.176. The number of hydrogen-bond acceptors (Lipinski definition) is 2. The van der Waals surface area contributed by atoms with Gasteiger partial charge in [0.2, 0.25) is 0 Å². The molecule has 0 saturated carbocycles. The van der Waals surface area contributed by atoms with E-state index in [2.05, 4.69) is 255 Å². The largest absolute Gasteiger partial charge is 0.228 e. The Balaban J connectivity index is 0.971. The fraction of sp³-hybridized carbons (Fsp3) is 0.0423. The van der Waals surface area contributed by atoms with E-state index in [0.717, 1.165) is 40.1 Å². The Labute approximate surface area is 424 Å². The molecule has 2 nitrogen and oxygen atoms in total. The van der Waals surface area contributed by atoms with Crippen molar-refractivity contribution in [2.24, 2.45) is 0 Å². The maximum atomic E-state index is 5.41. The summed E-state index contributed by atoms with van der Waals surface area (Å²) in [5, 5.41) is 2.39. The van der Waals surface area contributed by atoms with E-state index < -0.39 is 10.8 Å². The lowest BCUT2D eigenvalue weighted by molar-refractivity contribution is 0.633. The molecule has 0 aliphatic heterocycles. The zero-order valence-corrected chi connectivity index (χ0v) is 39.9. The Bertz CT molecular complexity index is 4220. The van der Waals surface area contributed by atoms with Crippen LogP contribution in [0.4, 0.5) is 0 Å². The molecule has 0 atom stereocenters. The first-order chi connectivity index (χ1) is 36.2. The third kappa shape index (κ3) is 5.47. The second kappa shape index (κ2) is 15.1. The van der Waals surface area contributed by atoms with Crippen molar-refractivity contribution < 1.29 is 0 Å². The summed E-state index contributed by atoms with van der Waals surface area (Å²) in [6.07, 6.45) is 0.927. The van der Waals surface area contributed by atoms with Gasteiger partial charge in [-0.2, -0.15) is 0 Å². The maximum absolute atomic E-state index is 5.41. The SMILES string of the molecule is c1ccc(-c2cc(-c3ccc4ccccc4c3)nc(-c3cccc(-c4cccc5c4C4(c6cc7c(cc6-5)Cc5ccccc5-7)c5ccccc5C5(c6ccccc6-c6ccccc65)c5ccccc54)c3)n2)cc1. The molecule has 0 bridgehead atoms. The highest BCUT2D eigenvalue weighted by atomic mass is 14.9. The van der Waals surface area contributed by atoms with Gasteiger partial charge in [0, 0.05) is 16.7 Å². The summed E-state index contributed by atoms with van der Waals surface area (Å²) in [7, 11) is 0. The molecule has 11 aromatic carbocycles. The molecule has 0 saturated heterocycles. The van der Waals surface area contributed by atoms with Gasteiger partial charge in [-0.1, -0.05) is 224 Å². The van der Waals surface area contributed by atoms with E-state index in [-0.39, 0.29) is 0 Å². The number of benzene rings is 11. The van der Waals surface area contributed by atoms with Crippen molar-refractivity contribution in [3.8, 4) is 78.4 Å². The Morgan fingerprint density at radius 3 is 1.52 bits per heavy atom. The van der Waals surface area contributed by atoms with E-state index in [1.165, 1.54) is 105 Å². The predicted octanol–water partition coefficient (Wildman–Crippen LogP) is 16.9. The summed E-state index contributed by atoms with van der Waals surface area (Å²) in [5.74, 6) is 0.695. The first-order valence-electron chi connectivity index (χ1n) is 25.5. The lowest BCUT2D eigenvalue weighted by Crippen LogP contribution is -2.44. The summed E-state index contributed by atoms with van der Waals surface area (Å²) in [6.45, 7) is 0. The second-order valence-corrected chi connectivity index (χ2v) is 20.3. The molecule has 0 radical (unpaired) electrons. The van der Waals surface area contributed by atoms with Crippen LogP contribution in [-0.4, -0.2) is 9.97 Å². The molecule has 0 fully saturated rings. The van der Waals surface area contributed by atoms with Crippen molar-refractivity contribution in [3.05, 3.63) is 310 Å². The van der Waals surface area contributed by atoms with Crippen LogP contribution in [0.25, 0.3) is 89.2 Å². The van der Waals surface area contributed by atoms with Crippen LogP contribution >= 0.6 is 0 Å². The molecule has 0 unspecified atom stereocenters. The standard InChI is InChI=1S/C71H44N2/c1-2-19-45(20-3-1)66-43-67(49-37-36-44-18-4-5-21-46(44)38-49)73-69(72-66)50-24-16-23-48(39-50)53-28-17-29-56-58-41-51-40-47-22-6-7-25-52(47)57(51)42-65(58)71(68(53)56)63-34-14-12-32-61(63)70(62-33-13-15-35-64(62)71)59-30-10-8-26-54(59)55-27-9-11-31-60(55)70/h1-39,41-43H,40H2. The van der Waals surface area contributed by atoms with Gasteiger partial charge in [0.15, 0.2) is 5.82 Å². The summed E-state index contributed by atoms with van der Waals surface area (Å²) in [4.78, 5) is 10.8. The average Bonchev–Trinajstić information content (AvgIpc) is 4.23. The third-order valence-electron chi connectivity index (χ3n) is 16.8. The van der Waals surface area contributed by atoms with Gasteiger partial charge in [0.25, 0.3) is 0 Å². The summed E-state index contributed by atoms with van der Waals surface area (Å²) in [5.41, 5.74) is 27.3. The van der Waals surface area contributed by atoms with Gasteiger partial charge in [-0.3, -0.25) is 0 Å². The van der Waals surface area contributed by atoms with Crippen molar-refractivity contribution in [3.63, 3.8) is 0 Å². The van der Waals surface area contributed by atoms with Gasteiger partial charge in [-0.25, -0.2) is 9.97 Å². The van der Waals surface area contributed by atoms with Gasteiger partial charge in [0.1, 0.15) is 0 Å². The van der Waals surface area contributed by atoms with E-state index in [9.17, 15) is 0 Å². The first kappa shape index (κ1) is 40.5. The van der Waals surface area contributed by atoms with E-state index in [4.69, 9.17) is 9.97 Å². The summed E-state index contributed by atoms with van der Waals surface area (Å²) >= 11 is 0. The van der Waals surface area contributed by atoms with Gasteiger partial charge >= 0.3 is 0 Å². The number of rotatable bonds is 4. The van der Waals surface area contributed by atoms with Crippen LogP contribution in [0, 0.1) is 0 Å². The Kier molecular flexibility index (Phi) is 8.39. The highest BCUT2D eigenvalue weighted by Crippen LogP contribution is 2.69. The molecule has 1 aromatic heterocycles. The van der Waals surface area contributed by atoms with Crippen molar-refractivity contribution >= 4 is 10.8 Å². The van der Waals surface area contributed by atoms with Crippen molar-refractivity contribution in [1.29, 1.82) is 0 Å². The molecule has 1 heterocycles. The molecule has 0 amide bonds. The minimum Gasteiger partial charge on any atom is -0.228 e. The first-order valence-corrected chi connectivity index (χ1v) is 25.5. The minimum atomic E-state index is -0.679. The van der Waals surface area contributed by atoms with E-state index in [1.807, 2.05) is 0 Å². The molecule has 4 aliphatic rings. The Morgan fingerprint density at radius 2 is 0.795 bits per heavy atom. The topological polar surface area (TPSA) is 25.8 Å². The average molecular weight is 925 g/mol. The van der Waals surface area contributed by atoms with Gasteiger partial charge < -0.3 is 0 Å². The normalized spacial score (nSPS) is 14.2. The van der Waals surface area contributed by atoms with Crippen molar-refractivity contribution in [2.75, 3.05) is 0 Å². The summed E-state index contributed by atoms with van der Waals surface area (Å²) < 4.78 is 0. The monoisotopic (exact) mass is 924 g/mol. The highest BCUT2D eigenvalue weighted by molar-refractivity contribution is 5.99. The van der Waals surface area contributed by atoms with E-state index in [0.29, 0.717) is 5.82 Å². The van der Waals surface area contributed by atoms with Crippen molar-refractivity contribution in [1.82, 2.24) is 9.97 Å². The van der Waals surface area contributed by atoms with Crippen LogP contribution in [0.3, 0.4) is 0 Å². The molecule has 4 aliphatic carbocycles.